The van der Waals surface area contributed by atoms with Crippen LogP contribution in [-0.2, 0) is 26.8 Å². The van der Waals surface area contributed by atoms with Crippen molar-refractivity contribution in [2.24, 2.45) is 0 Å². The molecule has 0 aromatic heterocycles. The highest BCUT2D eigenvalue weighted by Gasteiger charge is 2.18. The number of carboxylic acids is 2. The summed E-state index contributed by atoms with van der Waals surface area (Å²) in [5.74, 6) is -2.72. The molecule has 0 saturated carbocycles. The van der Waals surface area contributed by atoms with E-state index in [9.17, 15) is 18.7 Å². The average Bonchev–Trinajstić information content (AvgIpc) is 2.76. The van der Waals surface area contributed by atoms with Crippen LogP contribution < -0.4 is 0 Å². The number of aromatic carboxylic acids is 2. The lowest BCUT2D eigenvalue weighted by Gasteiger charge is -2.08. The van der Waals surface area contributed by atoms with Crippen LogP contribution in [0.25, 0.3) is 0 Å². The van der Waals surface area contributed by atoms with Crippen molar-refractivity contribution in [1.29, 1.82) is 0 Å². The molecule has 3 aromatic carbocycles. The first-order valence-electron chi connectivity index (χ1n) is 12.2. The minimum atomic E-state index is -4.37. The standard InChI is InChI=1S/C11H17OP.C9H11Br.C9H9O7P.CH4/c1-9-5-10(2)7-11(6-9)8-13(3,4)12;1-7-3-8(2)5-9(4-7)6-10;10-8(11)6-1-5(4-17(14,15)16)2-7(3-6)9(12)13;/h5-7H,8H2,1-4H3;3-5H,6H2,1-2H3;1-3H,4H2,(H,10,11)(H,12,13)(H2,14,15,16);1H4. The third-order valence-electron chi connectivity index (χ3n) is 5.16. The maximum absolute atomic E-state index is 11.6. The fraction of sp³-hybridized carbons (Fsp3) is 0.333. The molecule has 11 heteroatoms. The first-order valence-corrected chi connectivity index (χ1v) is 17.9. The van der Waals surface area contributed by atoms with Gasteiger partial charge in [-0.15, -0.1) is 0 Å². The average molecular weight is 672 g/mol. The Bertz CT molecular complexity index is 1370. The van der Waals surface area contributed by atoms with E-state index in [-0.39, 0.29) is 24.1 Å². The zero-order valence-corrected chi connectivity index (χ0v) is 26.9. The summed E-state index contributed by atoms with van der Waals surface area (Å²) in [5, 5.41) is 18.4. The molecule has 0 aliphatic rings. The van der Waals surface area contributed by atoms with Crippen LogP contribution in [0.1, 0.15) is 67.1 Å². The SMILES string of the molecule is C.Cc1cc(C)cc(CBr)c1.Cc1cc(C)cc(CP(C)(C)=O)c1.O=C(O)c1cc(CP(=O)(O)O)cc(C(=O)O)c1. The molecule has 0 aliphatic carbocycles. The summed E-state index contributed by atoms with van der Waals surface area (Å²) in [7, 11) is -6.30. The van der Waals surface area contributed by atoms with E-state index in [4.69, 9.17) is 20.0 Å². The number of halogens is 1. The van der Waals surface area contributed by atoms with Gasteiger partial charge in [-0.25, -0.2) is 9.59 Å². The molecule has 41 heavy (non-hydrogen) atoms. The van der Waals surface area contributed by atoms with Crippen LogP contribution in [0.2, 0.25) is 0 Å². The zero-order valence-electron chi connectivity index (χ0n) is 23.5. The van der Waals surface area contributed by atoms with Gasteiger partial charge in [0.15, 0.2) is 0 Å². The van der Waals surface area contributed by atoms with Gasteiger partial charge in [0.25, 0.3) is 0 Å². The highest BCUT2D eigenvalue weighted by molar-refractivity contribution is 9.08. The molecule has 8 nitrogen and oxygen atoms in total. The Labute approximate surface area is 251 Å². The Hall–Kier alpha value is -2.54. The number of aryl methyl sites for hydroxylation is 4. The van der Waals surface area contributed by atoms with Crippen LogP contribution in [0, 0.1) is 27.7 Å². The minimum absolute atomic E-state index is 0. The second-order valence-corrected chi connectivity index (χ2v) is 15.9. The van der Waals surface area contributed by atoms with E-state index in [2.05, 4.69) is 80.0 Å². The van der Waals surface area contributed by atoms with Crippen LogP contribution in [0.15, 0.2) is 54.6 Å². The van der Waals surface area contributed by atoms with E-state index in [0.717, 1.165) is 29.7 Å². The summed E-state index contributed by atoms with van der Waals surface area (Å²) in [6, 6.07) is 15.9. The molecule has 0 fully saturated rings. The molecule has 0 saturated heterocycles. The molecule has 0 aliphatic heterocycles. The number of carboxylic acid groups (broad SMARTS) is 2. The van der Waals surface area contributed by atoms with E-state index >= 15 is 0 Å². The quantitative estimate of drug-likeness (QED) is 0.146. The van der Waals surface area contributed by atoms with Crippen molar-refractivity contribution < 1.29 is 38.7 Å². The van der Waals surface area contributed by atoms with Gasteiger partial charge in [-0.05, 0) is 75.9 Å². The van der Waals surface area contributed by atoms with Crippen molar-refractivity contribution >= 4 is 42.6 Å². The number of rotatable bonds is 7. The fourth-order valence-electron chi connectivity index (χ4n) is 4.01. The summed E-state index contributed by atoms with van der Waals surface area (Å²) in [4.78, 5) is 38.9. The van der Waals surface area contributed by atoms with E-state index in [0.29, 0.717) is 0 Å². The predicted molar refractivity (Wildman–Crippen MR) is 170 cm³/mol. The summed E-state index contributed by atoms with van der Waals surface area (Å²) >= 11 is 3.43. The Morgan fingerprint density at radius 3 is 1.27 bits per heavy atom. The fourth-order valence-corrected chi connectivity index (χ4v) is 6.06. The molecule has 3 aromatic rings. The van der Waals surface area contributed by atoms with Crippen LogP contribution in [0.4, 0.5) is 0 Å². The van der Waals surface area contributed by atoms with E-state index < -0.39 is 32.8 Å². The maximum Gasteiger partial charge on any atom is 0.335 e. The monoisotopic (exact) mass is 670 g/mol. The predicted octanol–water partition coefficient (Wildman–Crippen LogP) is 8.02. The third kappa shape index (κ3) is 16.5. The van der Waals surface area contributed by atoms with Crippen molar-refractivity contribution in [2.45, 2.75) is 52.8 Å². The van der Waals surface area contributed by atoms with Crippen LogP contribution >= 0.6 is 30.7 Å². The van der Waals surface area contributed by atoms with Gasteiger partial charge in [0.2, 0.25) is 0 Å². The van der Waals surface area contributed by atoms with Gasteiger partial charge < -0.3 is 24.6 Å². The zero-order chi connectivity index (χ0) is 30.8. The summed E-state index contributed by atoms with van der Waals surface area (Å²) in [5.41, 5.74) is 7.07. The summed E-state index contributed by atoms with van der Waals surface area (Å²) in [6.45, 7) is 12.1. The van der Waals surface area contributed by atoms with Gasteiger partial charge in [-0.3, -0.25) is 4.57 Å². The van der Waals surface area contributed by atoms with Gasteiger partial charge in [-0.1, -0.05) is 82.0 Å². The Morgan fingerprint density at radius 1 is 0.634 bits per heavy atom. The summed E-state index contributed by atoms with van der Waals surface area (Å²) in [6.07, 6.45) is 0.0178. The first-order chi connectivity index (χ1) is 18.3. The molecule has 0 amide bonds. The topological polar surface area (TPSA) is 149 Å². The van der Waals surface area contributed by atoms with Crippen molar-refractivity contribution in [3.63, 3.8) is 0 Å². The van der Waals surface area contributed by atoms with Crippen LogP contribution in [-0.4, -0.2) is 45.3 Å². The highest BCUT2D eigenvalue weighted by Crippen LogP contribution is 2.40. The van der Waals surface area contributed by atoms with Crippen LogP contribution in [0.5, 0.6) is 0 Å². The third-order valence-corrected chi connectivity index (χ3v) is 7.71. The molecule has 0 spiro atoms. The Morgan fingerprint density at radius 2 is 0.976 bits per heavy atom. The van der Waals surface area contributed by atoms with Crippen molar-refractivity contribution in [3.8, 4) is 0 Å². The lowest BCUT2D eigenvalue weighted by molar-refractivity contribution is 0.0696. The van der Waals surface area contributed by atoms with E-state index in [1.807, 2.05) is 13.3 Å². The number of alkyl halides is 1. The number of hydrogen-bond acceptors (Lipinski definition) is 4. The molecule has 0 heterocycles. The summed E-state index contributed by atoms with van der Waals surface area (Å²) < 4.78 is 22.4. The molecule has 226 valence electrons. The number of hydrogen-bond donors (Lipinski definition) is 4. The second-order valence-electron chi connectivity index (χ2n) is 10.2. The second kappa shape index (κ2) is 16.8. The van der Waals surface area contributed by atoms with E-state index in [1.54, 1.807) is 0 Å². The Kier molecular flexibility index (Phi) is 15.7. The first kappa shape index (κ1) is 38.5. The number of benzene rings is 3. The van der Waals surface area contributed by atoms with Gasteiger partial charge >= 0.3 is 19.5 Å². The van der Waals surface area contributed by atoms with Crippen molar-refractivity contribution in [1.82, 2.24) is 0 Å². The normalized spacial score (nSPS) is 10.8. The highest BCUT2D eigenvalue weighted by atomic mass is 79.9. The molecule has 4 N–H and O–H groups in total. The van der Waals surface area contributed by atoms with Gasteiger partial charge in [0.05, 0.1) is 24.4 Å². The number of carbonyl (C=O) groups is 2. The van der Waals surface area contributed by atoms with Crippen molar-refractivity contribution in [3.05, 3.63) is 105 Å². The maximum atomic E-state index is 11.6. The molecule has 0 bridgehead atoms. The van der Waals surface area contributed by atoms with Gasteiger partial charge in [-0.2, -0.15) is 0 Å². The van der Waals surface area contributed by atoms with E-state index in [1.165, 1.54) is 33.4 Å². The van der Waals surface area contributed by atoms with Gasteiger partial charge in [0.1, 0.15) is 0 Å². The smallest absolute Gasteiger partial charge is 0.335 e. The van der Waals surface area contributed by atoms with Crippen molar-refractivity contribution in [2.75, 3.05) is 13.3 Å². The lowest BCUT2D eigenvalue weighted by Crippen LogP contribution is -2.04. The molecule has 0 atom stereocenters. The lowest BCUT2D eigenvalue weighted by atomic mass is 10.1. The largest absolute Gasteiger partial charge is 0.478 e. The minimum Gasteiger partial charge on any atom is -0.478 e. The molecule has 3 rings (SSSR count). The molecule has 0 unspecified atom stereocenters. The molecular weight excluding hydrogens is 630 g/mol. The Balaban J connectivity index is 0.000000598. The molecule has 0 radical (unpaired) electrons. The van der Waals surface area contributed by atoms with Gasteiger partial charge in [0, 0.05) is 11.5 Å². The molecular formula is C30H41BrO8P2. The van der Waals surface area contributed by atoms with Crippen LogP contribution in [0.3, 0.4) is 0 Å².